The fourth-order valence-electron chi connectivity index (χ4n) is 3.29. The number of benzene rings is 1. The van der Waals surface area contributed by atoms with Gasteiger partial charge in [0.2, 0.25) is 5.91 Å². The standard InChI is InChI=1S/C20H16N6OS/c1-11-18(15-10-22-19-14(15)3-2-6-21-19)25-20(28-11)24-17(27)8-12-4-5-13-9-23-26-16(13)7-12/h2-7,9-10H,8H2,1H3,(H,21,22)(H,23,26)(H,24,25,27). The summed E-state index contributed by atoms with van der Waals surface area (Å²) in [4.78, 5) is 25.7. The van der Waals surface area contributed by atoms with E-state index in [1.807, 2.05) is 43.5 Å². The molecule has 1 aromatic carbocycles. The van der Waals surface area contributed by atoms with Crippen molar-refractivity contribution in [1.82, 2.24) is 25.1 Å². The number of H-pyrrole nitrogens is 2. The lowest BCUT2D eigenvalue weighted by molar-refractivity contribution is -0.115. The Bertz CT molecular complexity index is 1310. The second-order valence-electron chi connectivity index (χ2n) is 6.54. The lowest BCUT2D eigenvalue weighted by atomic mass is 10.1. The molecule has 0 fully saturated rings. The van der Waals surface area contributed by atoms with Crippen molar-refractivity contribution in [2.24, 2.45) is 0 Å². The minimum absolute atomic E-state index is 0.0974. The number of anilines is 1. The first-order chi connectivity index (χ1) is 13.7. The van der Waals surface area contributed by atoms with Gasteiger partial charge in [0.15, 0.2) is 5.13 Å². The molecule has 0 aliphatic carbocycles. The van der Waals surface area contributed by atoms with Gasteiger partial charge >= 0.3 is 0 Å². The fraction of sp³-hybridized carbons (Fsp3) is 0.100. The van der Waals surface area contributed by atoms with Crippen LogP contribution < -0.4 is 5.32 Å². The van der Waals surface area contributed by atoms with E-state index in [4.69, 9.17) is 0 Å². The largest absolute Gasteiger partial charge is 0.345 e. The van der Waals surface area contributed by atoms with Crippen LogP contribution in [-0.2, 0) is 11.2 Å². The van der Waals surface area contributed by atoms with E-state index >= 15 is 0 Å². The number of carbonyl (C=O) groups is 1. The number of aromatic nitrogens is 5. The highest BCUT2D eigenvalue weighted by atomic mass is 32.1. The molecule has 0 unspecified atom stereocenters. The van der Waals surface area contributed by atoms with Gasteiger partial charge in [0, 0.05) is 33.6 Å². The number of pyridine rings is 1. The molecule has 5 rings (SSSR count). The summed E-state index contributed by atoms with van der Waals surface area (Å²) in [7, 11) is 0. The van der Waals surface area contributed by atoms with E-state index in [1.165, 1.54) is 11.3 Å². The van der Waals surface area contributed by atoms with Crippen molar-refractivity contribution in [2.45, 2.75) is 13.3 Å². The normalized spacial score (nSPS) is 11.3. The maximum Gasteiger partial charge on any atom is 0.230 e. The summed E-state index contributed by atoms with van der Waals surface area (Å²) >= 11 is 1.47. The Labute approximate surface area is 163 Å². The Hall–Kier alpha value is -3.52. The minimum atomic E-state index is -0.0974. The van der Waals surface area contributed by atoms with E-state index in [9.17, 15) is 4.79 Å². The van der Waals surface area contributed by atoms with Gasteiger partial charge in [-0.2, -0.15) is 5.10 Å². The molecule has 7 nitrogen and oxygen atoms in total. The molecule has 0 saturated carbocycles. The van der Waals surface area contributed by atoms with Gasteiger partial charge < -0.3 is 10.3 Å². The third-order valence-corrected chi connectivity index (χ3v) is 5.51. The van der Waals surface area contributed by atoms with Gasteiger partial charge in [-0.05, 0) is 30.7 Å². The van der Waals surface area contributed by atoms with E-state index in [0.717, 1.165) is 43.6 Å². The summed E-state index contributed by atoms with van der Waals surface area (Å²) in [6, 6.07) is 9.75. The molecule has 4 aromatic heterocycles. The predicted octanol–water partition coefficient (Wildman–Crippen LogP) is 4.05. The van der Waals surface area contributed by atoms with Crippen LogP contribution in [0.2, 0.25) is 0 Å². The quantitative estimate of drug-likeness (QED) is 0.432. The average Bonchev–Trinajstić information content (AvgIpc) is 3.39. The van der Waals surface area contributed by atoms with E-state index in [2.05, 4.69) is 30.5 Å². The number of fused-ring (bicyclic) bond motifs is 2. The van der Waals surface area contributed by atoms with Crippen LogP contribution in [0, 0.1) is 6.92 Å². The number of nitrogens with one attached hydrogen (secondary N) is 3. The molecule has 0 bridgehead atoms. The zero-order valence-electron chi connectivity index (χ0n) is 15.0. The number of thiazole rings is 1. The maximum absolute atomic E-state index is 12.5. The monoisotopic (exact) mass is 388 g/mol. The number of amides is 1. The van der Waals surface area contributed by atoms with Crippen LogP contribution in [0.15, 0.2) is 48.9 Å². The van der Waals surface area contributed by atoms with Crippen molar-refractivity contribution in [2.75, 3.05) is 5.32 Å². The Morgan fingerprint density at radius 2 is 2.21 bits per heavy atom. The molecule has 5 aromatic rings. The molecule has 8 heteroatoms. The first-order valence-electron chi connectivity index (χ1n) is 8.79. The van der Waals surface area contributed by atoms with E-state index in [-0.39, 0.29) is 12.3 Å². The van der Waals surface area contributed by atoms with Gasteiger partial charge in [0.1, 0.15) is 5.65 Å². The van der Waals surface area contributed by atoms with Crippen LogP contribution in [-0.4, -0.2) is 31.1 Å². The van der Waals surface area contributed by atoms with Crippen molar-refractivity contribution in [3.8, 4) is 11.3 Å². The van der Waals surface area contributed by atoms with Crippen LogP contribution in [0.3, 0.4) is 0 Å². The molecule has 138 valence electrons. The number of carbonyl (C=O) groups excluding carboxylic acids is 1. The van der Waals surface area contributed by atoms with Crippen molar-refractivity contribution in [3.05, 3.63) is 59.4 Å². The summed E-state index contributed by atoms with van der Waals surface area (Å²) in [5, 5.41) is 12.5. The maximum atomic E-state index is 12.5. The topological polar surface area (TPSA) is 99.4 Å². The zero-order valence-corrected chi connectivity index (χ0v) is 15.8. The van der Waals surface area contributed by atoms with Crippen LogP contribution in [0.5, 0.6) is 0 Å². The molecule has 0 aliphatic rings. The number of aromatic amines is 2. The Morgan fingerprint density at radius 3 is 3.14 bits per heavy atom. The first-order valence-corrected chi connectivity index (χ1v) is 9.61. The van der Waals surface area contributed by atoms with Gasteiger partial charge in [-0.15, -0.1) is 11.3 Å². The predicted molar refractivity (Wildman–Crippen MR) is 110 cm³/mol. The smallest absolute Gasteiger partial charge is 0.230 e. The molecule has 0 atom stereocenters. The van der Waals surface area contributed by atoms with Gasteiger partial charge in [0.05, 0.1) is 23.8 Å². The number of nitrogens with zero attached hydrogens (tertiary/aromatic N) is 3. The Kier molecular flexibility index (Phi) is 3.91. The third-order valence-electron chi connectivity index (χ3n) is 4.62. The minimum Gasteiger partial charge on any atom is -0.345 e. The zero-order chi connectivity index (χ0) is 19.1. The van der Waals surface area contributed by atoms with Gasteiger partial charge in [-0.1, -0.05) is 12.1 Å². The highest BCUT2D eigenvalue weighted by Gasteiger charge is 2.16. The highest BCUT2D eigenvalue weighted by molar-refractivity contribution is 7.16. The van der Waals surface area contributed by atoms with Gasteiger partial charge in [0.25, 0.3) is 0 Å². The number of hydrogen-bond acceptors (Lipinski definition) is 5. The second-order valence-corrected chi connectivity index (χ2v) is 7.75. The van der Waals surface area contributed by atoms with Crippen LogP contribution >= 0.6 is 11.3 Å². The van der Waals surface area contributed by atoms with Gasteiger partial charge in [-0.25, -0.2) is 9.97 Å². The average molecular weight is 388 g/mol. The summed E-state index contributed by atoms with van der Waals surface area (Å²) in [6.07, 6.45) is 5.70. The number of hydrogen-bond donors (Lipinski definition) is 3. The number of aryl methyl sites for hydroxylation is 1. The van der Waals surface area contributed by atoms with E-state index in [0.29, 0.717) is 5.13 Å². The van der Waals surface area contributed by atoms with Crippen molar-refractivity contribution in [3.63, 3.8) is 0 Å². The van der Waals surface area contributed by atoms with Crippen molar-refractivity contribution in [1.29, 1.82) is 0 Å². The summed E-state index contributed by atoms with van der Waals surface area (Å²) in [5.41, 5.74) is 4.52. The van der Waals surface area contributed by atoms with E-state index in [1.54, 1.807) is 12.4 Å². The summed E-state index contributed by atoms with van der Waals surface area (Å²) in [5.74, 6) is -0.0974. The lowest BCUT2D eigenvalue weighted by Gasteiger charge is -2.02. The van der Waals surface area contributed by atoms with E-state index < -0.39 is 0 Å². The molecule has 28 heavy (non-hydrogen) atoms. The summed E-state index contributed by atoms with van der Waals surface area (Å²) < 4.78 is 0. The molecule has 0 aliphatic heterocycles. The van der Waals surface area contributed by atoms with Crippen LogP contribution in [0.25, 0.3) is 33.2 Å². The molecule has 0 radical (unpaired) electrons. The van der Waals surface area contributed by atoms with Crippen molar-refractivity contribution < 1.29 is 4.79 Å². The first kappa shape index (κ1) is 16.6. The fourth-order valence-corrected chi connectivity index (χ4v) is 4.14. The Balaban J connectivity index is 1.37. The molecule has 4 heterocycles. The summed E-state index contributed by atoms with van der Waals surface area (Å²) in [6.45, 7) is 2.00. The number of rotatable bonds is 4. The SMILES string of the molecule is Cc1sc(NC(=O)Cc2ccc3cn[nH]c3c2)nc1-c1c[nH]c2ncccc12. The molecule has 0 saturated heterocycles. The molecule has 0 spiro atoms. The third kappa shape index (κ3) is 2.93. The van der Waals surface area contributed by atoms with Crippen molar-refractivity contribution >= 4 is 44.3 Å². The lowest BCUT2D eigenvalue weighted by Crippen LogP contribution is -2.14. The van der Waals surface area contributed by atoms with Crippen LogP contribution in [0.4, 0.5) is 5.13 Å². The molecule has 1 amide bonds. The molecule has 3 N–H and O–H groups in total. The second kappa shape index (κ2) is 6.58. The van der Waals surface area contributed by atoms with Gasteiger partial charge in [-0.3, -0.25) is 9.89 Å². The molecular formula is C20H16N6OS. The highest BCUT2D eigenvalue weighted by Crippen LogP contribution is 2.34. The van der Waals surface area contributed by atoms with Crippen LogP contribution in [0.1, 0.15) is 10.4 Å². The Morgan fingerprint density at radius 1 is 1.29 bits per heavy atom. The molecular weight excluding hydrogens is 372 g/mol.